The normalized spacial score (nSPS) is 26.8. The molecule has 2 rings (SSSR count). The van der Waals surface area contributed by atoms with E-state index in [1.807, 2.05) is 0 Å². The van der Waals surface area contributed by atoms with Gasteiger partial charge in [-0.3, -0.25) is 0 Å². The van der Waals surface area contributed by atoms with Crippen LogP contribution >= 0.6 is 0 Å². The Kier molecular flexibility index (Phi) is 2.37. The zero-order valence-electron chi connectivity index (χ0n) is 7.81. The Morgan fingerprint density at radius 1 is 1.33 bits per heavy atom. The van der Waals surface area contributed by atoms with Gasteiger partial charge in [-0.1, -0.05) is 6.42 Å². The molecule has 0 unspecified atom stereocenters. The summed E-state index contributed by atoms with van der Waals surface area (Å²) in [6.45, 7) is 2.10. The molecule has 0 atom stereocenters. The molecule has 12 heavy (non-hydrogen) atoms. The van der Waals surface area contributed by atoms with Crippen molar-refractivity contribution in [1.82, 2.24) is 5.32 Å². The first-order chi connectivity index (χ1) is 5.85. The van der Waals surface area contributed by atoms with Crippen LogP contribution in [0.15, 0.2) is 0 Å². The van der Waals surface area contributed by atoms with E-state index in [4.69, 9.17) is 5.73 Å². The highest BCUT2D eigenvalue weighted by atomic mass is 14.9. The van der Waals surface area contributed by atoms with Gasteiger partial charge in [-0.05, 0) is 50.6 Å². The van der Waals surface area contributed by atoms with Crippen LogP contribution < -0.4 is 11.1 Å². The van der Waals surface area contributed by atoms with Crippen molar-refractivity contribution >= 4 is 0 Å². The van der Waals surface area contributed by atoms with Crippen molar-refractivity contribution in [1.29, 1.82) is 0 Å². The second-order valence-corrected chi connectivity index (χ2v) is 4.54. The molecule has 2 heteroatoms. The Bertz CT molecular complexity index is 142. The van der Waals surface area contributed by atoms with E-state index in [0.717, 1.165) is 12.6 Å². The fourth-order valence-corrected chi connectivity index (χ4v) is 2.06. The molecule has 0 aromatic carbocycles. The van der Waals surface area contributed by atoms with Crippen molar-refractivity contribution in [3.8, 4) is 0 Å². The van der Waals surface area contributed by atoms with E-state index < -0.39 is 0 Å². The van der Waals surface area contributed by atoms with E-state index in [2.05, 4.69) is 5.32 Å². The average Bonchev–Trinajstić information content (AvgIpc) is 2.78. The Morgan fingerprint density at radius 3 is 2.50 bits per heavy atom. The molecular formula is C10H20N2. The first-order valence-electron chi connectivity index (χ1n) is 5.28. The summed E-state index contributed by atoms with van der Waals surface area (Å²) < 4.78 is 0. The van der Waals surface area contributed by atoms with E-state index in [9.17, 15) is 0 Å². The van der Waals surface area contributed by atoms with E-state index in [0.29, 0.717) is 5.41 Å². The molecule has 0 heterocycles. The molecule has 70 valence electrons. The van der Waals surface area contributed by atoms with Crippen molar-refractivity contribution in [3.05, 3.63) is 0 Å². The van der Waals surface area contributed by atoms with Crippen LogP contribution in [0.3, 0.4) is 0 Å². The summed E-state index contributed by atoms with van der Waals surface area (Å²) in [5.41, 5.74) is 6.32. The largest absolute Gasteiger partial charge is 0.330 e. The van der Waals surface area contributed by atoms with Gasteiger partial charge in [-0.2, -0.15) is 0 Å². The fourth-order valence-electron chi connectivity index (χ4n) is 2.06. The Labute approximate surface area is 74.9 Å². The molecule has 0 spiro atoms. The number of rotatable bonds is 5. The minimum atomic E-state index is 0.544. The lowest BCUT2D eigenvalue weighted by molar-refractivity contribution is 0.130. The third-order valence-corrected chi connectivity index (χ3v) is 3.51. The van der Waals surface area contributed by atoms with Gasteiger partial charge >= 0.3 is 0 Å². The van der Waals surface area contributed by atoms with Crippen LogP contribution in [0.1, 0.15) is 38.5 Å². The molecular weight excluding hydrogens is 148 g/mol. The molecule has 0 aliphatic heterocycles. The Morgan fingerprint density at radius 2 is 2.08 bits per heavy atom. The second kappa shape index (κ2) is 3.35. The van der Waals surface area contributed by atoms with Gasteiger partial charge < -0.3 is 11.1 Å². The molecule has 2 aliphatic rings. The van der Waals surface area contributed by atoms with E-state index in [1.165, 1.54) is 45.1 Å². The standard InChI is InChI=1S/C10H20N2/c11-8-10(4-1-5-10)6-7-12-9-2-3-9/h9,12H,1-8,11H2. The van der Waals surface area contributed by atoms with Crippen LogP contribution in [0.25, 0.3) is 0 Å². The summed E-state index contributed by atoms with van der Waals surface area (Å²) in [5, 5.41) is 3.56. The zero-order chi connectivity index (χ0) is 8.44. The van der Waals surface area contributed by atoms with Gasteiger partial charge in [-0.15, -0.1) is 0 Å². The maximum absolute atomic E-state index is 5.77. The van der Waals surface area contributed by atoms with E-state index in [-0.39, 0.29) is 0 Å². The van der Waals surface area contributed by atoms with Crippen LogP contribution in [-0.4, -0.2) is 19.1 Å². The van der Waals surface area contributed by atoms with Crippen molar-refractivity contribution < 1.29 is 0 Å². The third-order valence-electron chi connectivity index (χ3n) is 3.51. The quantitative estimate of drug-likeness (QED) is 0.648. The summed E-state index contributed by atoms with van der Waals surface area (Å²) in [6.07, 6.45) is 8.25. The van der Waals surface area contributed by atoms with Crippen LogP contribution in [0, 0.1) is 5.41 Å². The van der Waals surface area contributed by atoms with Crippen molar-refractivity contribution in [2.75, 3.05) is 13.1 Å². The minimum absolute atomic E-state index is 0.544. The molecule has 2 aliphatic carbocycles. The second-order valence-electron chi connectivity index (χ2n) is 4.54. The SMILES string of the molecule is NCC1(CCNC2CC2)CCC1. The molecule has 3 N–H and O–H groups in total. The third kappa shape index (κ3) is 1.80. The predicted octanol–water partition coefficient (Wildman–Crippen LogP) is 1.26. The smallest absolute Gasteiger partial charge is 0.00682 e. The maximum Gasteiger partial charge on any atom is 0.00682 e. The maximum atomic E-state index is 5.77. The Hall–Kier alpha value is -0.0800. The monoisotopic (exact) mass is 168 g/mol. The zero-order valence-corrected chi connectivity index (χ0v) is 7.81. The van der Waals surface area contributed by atoms with Gasteiger partial charge in [0.05, 0.1) is 0 Å². The highest BCUT2D eigenvalue weighted by Crippen LogP contribution is 2.42. The Balaban J connectivity index is 1.62. The molecule has 0 amide bonds. The van der Waals surface area contributed by atoms with Gasteiger partial charge in [0.2, 0.25) is 0 Å². The van der Waals surface area contributed by atoms with Crippen LogP contribution in [0.4, 0.5) is 0 Å². The van der Waals surface area contributed by atoms with Gasteiger partial charge in [0.25, 0.3) is 0 Å². The number of hydrogen-bond acceptors (Lipinski definition) is 2. The first-order valence-corrected chi connectivity index (χ1v) is 5.28. The molecule has 2 saturated carbocycles. The lowest BCUT2D eigenvalue weighted by Gasteiger charge is -2.41. The molecule has 2 nitrogen and oxygen atoms in total. The summed E-state index contributed by atoms with van der Waals surface area (Å²) >= 11 is 0. The minimum Gasteiger partial charge on any atom is -0.330 e. The topological polar surface area (TPSA) is 38.0 Å². The highest BCUT2D eigenvalue weighted by Gasteiger charge is 2.35. The van der Waals surface area contributed by atoms with Crippen LogP contribution in [-0.2, 0) is 0 Å². The molecule has 0 aromatic heterocycles. The van der Waals surface area contributed by atoms with E-state index >= 15 is 0 Å². The van der Waals surface area contributed by atoms with Gasteiger partial charge in [0.15, 0.2) is 0 Å². The lowest BCUT2D eigenvalue weighted by Crippen LogP contribution is -2.39. The van der Waals surface area contributed by atoms with Crippen LogP contribution in [0.2, 0.25) is 0 Å². The van der Waals surface area contributed by atoms with Crippen molar-refractivity contribution in [2.24, 2.45) is 11.1 Å². The number of nitrogens with two attached hydrogens (primary N) is 1. The van der Waals surface area contributed by atoms with Gasteiger partial charge in [-0.25, -0.2) is 0 Å². The molecule has 0 saturated heterocycles. The predicted molar refractivity (Wildman–Crippen MR) is 51.0 cm³/mol. The molecule has 0 radical (unpaired) electrons. The van der Waals surface area contributed by atoms with Crippen LogP contribution in [0.5, 0.6) is 0 Å². The fraction of sp³-hybridized carbons (Fsp3) is 1.00. The highest BCUT2D eigenvalue weighted by molar-refractivity contribution is 4.90. The summed E-state index contributed by atoms with van der Waals surface area (Å²) in [7, 11) is 0. The van der Waals surface area contributed by atoms with Crippen molar-refractivity contribution in [2.45, 2.75) is 44.6 Å². The summed E-state index contributed by atoms with van der Waals surface area (Å²) in [5.74, 6) is 0. The van der Waals surface area contributed by atoms with Gasteiger partial charge in [0.1, 0.15) is 0 Å². The molecule has 0 bridgehead atoms. The van der Waals surface area contributed by atoms with Gasteiger partial charge in [0, 0.05) is 6.04 Å². The summed E-state index contributed by atoms with van der Waals surface area (Å²) in [4.78, 5) is 0. The summed E-state index contributed by atoms with van der Waals surface area (Å²) in [6, 6.07) is 0.861. The molecule has 0 aromatic rings. The number of hydrogen-bond donors (Lipinski definition) is 2. The lowest BCUT2D eigenvalue weighted by atomic mass is 9.67. The molecule has 2 fully saturated rings. The number of nitrogens with one attached hydrogen (secondary N) is 1. The van der Waals surface area contributed by atoms with Crippen molar-refractivity contribution in [3.63, 3.8) is 0 Å². The average molecular weight is 168 g/mol. The van der Waals surface area contributed by atoms with E-state index in [1.54, 1.807) is 0 Å². The first kappa shape index (κ1) is 8.52.